The van der Waals surface area contributed by atoms with Gasteiger partial charge in [0.15, 0.2) is 0 Å². The van der Waals surface area contributed by atoms with E-state index in [4.69, 9.17) is 9.98 Å². The molecular formula is C36H36N4O2. The van der Waals surface area contributed by atoms with E-state index in [1.54, 1.807) is 24.9 Å². The molecule has 5 rings (SSSR count). The highest BCUT2D eigenvalue weighted by Gasteiger charge is 2.23. The van der Waals surface area contributed by atoms with E-state index in [2.05, 4.69) is 9.98 Å². The number of aryl methyl sites for hydroxylation is 2. The van der Waals surface area contributed by atoms with E-state index in [0.717, 1.165) is 48.2 Å². The van der Waals surface area contributed by atoms with Gasteiger partial charge >= 0.3 is 0 Å². The summed E-state index contributed by atoms with van der Waals surface area (Å²) in [7, 11) is 0. The first-order chi connectivity index (χ1) is 20.5. The van der Waals surface area contributed by atoms with Crippen LogP contribution in [0.1, 0.15) is 59.1 Å². The van der Waals surface area contributed by atoms with E-state index < -0.39 is 0 Å². The molecule has 0 bridgehead atoms. The molecule has 0 heterocycles. The van der Waals surface area contributed by atoms with Crippen molar-refractivity contribution in [2.75, 3.05) is 0 Å². The molecule has 212 valence electrons. The van der Waals surface area contributed by atoms with Crippen molar-refractivity contribution in [3.63, 3.8) is 0 Å². The van der Waals surface area contributed by atoms with Gasteiger partial charge in [-0.2, -0.15) is 0 Å². The molecule has 1 saturated carbocycles. The monoisotopic (exact) mass is 556 g/mol. The van der Waals surface area contributed by atoms with Gasteiger partial charge in [0, 0.05) is 47.1 Å². The molecule has 0 saturated heterocycles. The second-order valence-electron chi connectivity index (χ2n) is 10.7. The van der Waals surface area contributed by atoms with Crippen molar-refractivity contribution in [2.45, 2.75) is 51.6 Å². The molecule has 0 aliphatic heterocycles. The van der Waals surface area contributed by atoms with E-state index in [1.807, 2.05) is 98.8 Å². The maximum atomic E-state index is 11.0. The Morgan fingerprint density at radius 3 is 1.29 bits per heavy atom. The molecular weight excluding hydrogens is 520 g/mol. The van der Waals surface area contributed by atoms with E-state index >= 15 is 0 Å². The van der Waals surface area contributed by atoms with Crippen LogP contribution in [0.15, 0.2) is 105 Å². The van der Waals surface area contributed by atoms with Crippen LogP contribution >= 0.6 is 0 Å². The van der Waals surface area contributed by atoms with Crippen molar-refractivity contribution in [1.29, 1.82) is 0 Å². The third-order valence-corrected chi connectivity index (χ3v) is 7.35. The zero-order chi connectivity index (χ0) is 29.3. The van der Waals surface area contributed by atoms with Crippen LogP contribution in [-0.2, 0) is 0 Å². The van der Waals surface area contributed by atoms with Gasteiger partial charge in [-0.15, -0.1) is 0 Å². The van der Waals surface area contributed by atoms with Crippen LogP contribution in [-0.4, -0.2) is 47.2 Å². The smallest absolute Gasteiger partial charge is 0.133 e. The second-order valence-corrected chi connectivity index (χ2v) is 10.7. The molecule has 2 atom stereocenters. The van der Waals surface area contributed by atoms with Crippen molar-refractivity contribution >= 4 is 36.2 Å². The molecule has 2 unspecified atom stereocenters. The minimum Gasteiger partial charge on any atom is -0.507 e. The maximum Gasteiger partial charge on any atom is 0.133 e. The Labute approximate surface area is 247 Å². The molecule has 0 amide bonds. The third kappa shape index (κ3) is 7.46. The average molecular weight is 557 g/mol. The first-order valence-electron chi connectivity index (χ1n) is 14.4. The first-order valence-corrected chi connectivity index (χ1v) is 14.4. The quantitative estimate of drug-likeness (QED) is 0.215. The lowest BCUT2D eigenvalue weighted by atomic mass is 9.91. The Hall–Kier alpha value is -4.84. The molecule has 1 fully saturated rings. The van der Waals surface area contributed by atoms with Gasteiger partial charge in [0.1, 0.15) is 11.5 Å². The molecule has 0 aromatic heterocycles. The number of aromatic hydroxyl groups is 2. The minimum atomic E-state index is -0.0117. The van der Waals surface area contributed by atoms with Crippen LogP contribution in [0.25, 0.3) is 0 Å². The lowest BCUT2D eigenvalue weighted by Crippen LogP contribution is -2.27. The number of nitrogens with zero attached hydrogens (tertiary/aromatic N) is 4. The number of hydrogen-bond acceptors (Lipinski definition) is 6. The number of benzene rings is 4. The number of para-hydroxylation sites is 2. The Morgan fingerprint density at radius 1 is 0.548 bits per heavy atom. The van der Waals surface area contributed by atoms with Crippen molar-refractivity contribution < 1.29 is 10.2 Å². The van der Waals surface area contributed by atoms with Gasteiger partial charge in [0.25, 0.3) is 0 Å². The maximum absolute atomic E-state index is 11.0. The molecule has 0 radical (unpaired) electrons. The Kier molecular flexibility index (Phi) is 9.34. The first kappa shape index (κ1) is 28.7. The largest absolute Gasteiger partial charge is 0.507 e. The van der Waals surface area contributed by atoms with E-state index in [9.17, 15) is 10.2 Å². The molecule has 0 spiro atoms. The summed E-state index contributed by atoms with van der Waals surface area (Å²) in [6.07, 6.45) is 10.9. The number of rotatable bonds is 8. The van der Waals surface area contributed by atoms with E-state index in [-0.39, 0.29) is 23.6 Å². The van der Waals surface area contributed by atoms with Gasteiger partial charge in [-0.25, -0.2) is 0 Å². The van der Waals surface area contributed by atoms with Crippen molar-refractivity contribution in [1.82, 2.24) is 0 Å². The highest BCUT2D eigenvalue weighted by atomic mass is 16.3. The Bertz CT molecular complexity index is 1500. The molecule has 6 nitrogen and oxygen atoms in total. The normalized spacial score (nSPS) is 17.7. The molecule has 1 aliphatic rings. The number of hydrogen-bond donors (Lipinski definition) is 2. The summed E-state index contributed by atoms with van der Waals surface area (Å²) >= 11 is 0. The van der Waals surface area contributed by atoms with Gasteiger partial charge in [-0.05, 0) is 86.3 Å². The lowest BCUT2D eigenvalue weighted by molar-refractivity contribution is 0.390. The highest BCUT2D eigenvalue weighted by molar-refractivity contribution is 5.94. The minimum absolute atomic E-state index is 0.0117. The fourth-order valence-corrected chi connectivity index (χ4v) is 5.17. The van der Waals surface area contributed by atoms with Gasteiger partial charge in [0.2, 0.25) is 0 Å². The fraction of sp³-hybridized carbons (Fsp3) is 0.222. The van der Waals surface area contributed by atoms with Gasteiger partial charge in [-0.3, -0.25) is 20.0 Å². The fourth-order valence-electron chi connectivity index (χ4n) is 5.17. The Balaban J connectivity index is 1.34. The standard InChI is InChI=1S/C36H36N4O2/c1-25-17-27(21-37-31-11-5-3-6-12-31)35(41)29(19-25)23-39-33-15-9-10-16-34(33)40-24-30-20-26(2)18-28(36(30)42)22-38-32-13-7-4-8-14-32/h3-8,11-14,17-24,33-34,41-42H,9-10,15-16H2,1-2H3. The number of aliphatic imine (C=N–C) groups is 4. The predicted octanol–water partition coefficient (Wildman–Crippen LogP) is 8.07. The topological polar surface area (TPSA) is 89.9 Å². The summed E-state index contributed by atoms with van der Waals surface area (Å²) < 4.78 is 0. The third-order valence-electron chi connectivity index (χ3n) is 7.35. The van der Waals surface area contributed by atoms with Crippen LogP contribution in [0.5, 0.6) is 11.5 Å². The van der Waals surface area contributed by atoms with Crippen LogP contribution in [0.4, 0.5) is 11.4 Å². The van der Waals surface area contributed by atoms with Crippen molar-refractivity contribution in [3.05, 3.63) is 118 Å². The molecule has 4 aromatic rings. The zero-order valence-electron chi connectivity index (χ0n) is 24.1. The van der Waals surface area contributed by atoms with E-state index in [0.29, 0.717) is 22.3 Å². The number of phenolic OH excluding ortho intramolecular Hbond substituents is 2. The van der Waals surface area contributed by atoms with Gasteiger partial charge < -0.3 is 10.2 Å². The van der Waals surface area contributed by atoms with Crippen LogP contribution in [0.3, 0.4) is 0 Å². The summed E-state index contributed by atoms with van der Waals surface area (Å²) in [6.45, 7) is 4.00. The molecule has 6 heteroatoms. The summed E-state index contributed by atoms with van der Waals surface area (Å²) in [5, 5.41) is 22.0. The highest BCUT2D eigenvalue weighted by Crippen LogP contribution is 2.28. The average Bonchev–Trinajstić information content (AvgIpc) is 3.01. The van der Waals surface area contributed by atoms with Crippen molar-refractivity contribution in [3.8, 4) is 11.5 Å². The summed E-state index contributed by atoms with van der Waals surface area (Å²) in [5.41, 5.74) is 6.32. The summed E-state index contributed by atoms with van der Waals surface area (Å²) in [5.74, 6) is 0.323. The van der Waals surface area contributed by atoms with Gasteiger partial charge in [-0.1, -0.05) is 49.2 Å². The lowest BCUT2D eigenvalue weighted by Gasteiger charge is -2.25. The molecule has 2 N–H and O–H groups in total. The molecule has 42 heavy (non-hydrogen) atoms. The number of phenols is 2. The van der Waals surface area contributed by atoms with E-state index in [1.165, 1.54) is 0 Å². The zero-order valence-corrected chi connectivity index (χ0v) is 24.1. The Morgan fingerprint density at radius 2 is 0.905 bits per heavy atom. The van der Waals surface area contributed by atoms with Crippen LogP contribution < -0.4 is 0 Å². The summed E-state index contributed by atoms with van der Waals surface area (Å²) in [4.78, 5) is 18.8. The predicted molar refractivity (Wildman–Crippen MR) is 174 cm³/mol. The SMILES string of the molecule is Cc1cc(C=Nc2ccccc2)c(O)c(C=NC2CCCCC2N=Cc2cc(C)cc(C=Nc3ccccc3)c2O)c1. The van der Waals surface area contributed by atoms with Crippen molar-refractivity contribution in [2.24, 2.45) is 20.0 Å². The van der Waals surface area contributed by atoms with Crippen LogP contribution in [0.2, 0.25) is 0 Å². The molecule has 1 aliphatic carbocycles. The molecule has 4 aromatic carbocycles. The van der Waals surface area contributed by atoms with Gasteiger partial charge in [0.05, 0.1) is 23.5 Å². The van der Waals surface area contributed by atoms with Crippen LogP contribution in [0, 0.1) is 13.8 Å². The summed E-state index contributed by atoms with van der Waals surface area (Å²) in [6, 6.07) is 27.0. The second kappa shape index (κ2) is 13.7.